The van der Waals surface area contributed by atoms with Crippen molar-refractivity contribution >= 4 is 28.6 Å². The van der Waals surface area contributed by atoms with Gasteiger partial charge in [0.2, 0.25) is 11.8 Å². The zero-order valence-electron chi connectivity index (χ0n) is 26.8. The summed E-state index contributed by atoms with van der Waals surface area (Å²) in [6.45, 7) is 8.71. The summed E-state index contributed by atoms with van der Waals surface area (Å²) in [6.07, 6.45) is 4.10. The summed E-state index contributed by atoms with van der Waals surface area (Å²) in [5, 5.41) is 2.21. The quantitative estimate of drug-likeness (QED) is 0.201. The fourth-order valence-electron chi connectivity index (χ4n) is 6.30. The maximum atomic E-state index is 14.3. The summed E-state index contributed by atoms with van der Waals surface area (Å²) in [5.74, 6) is -0.552. The lowest BCUT2D eigenvalue weighted by atomic mass is 9.73. The molecule has 0 spiro atoms. The van der Waals surface area contributed by atoms with Crippen molar-refractivity contribution in [1.82, 2.24) is 9.80 Å². The van der Waals surface area contributed by atoms with Crippen LogP contribution in [0.15, 0.2) is 84.4 Å². The van der Waals surface area contributed by atoms with Gasteiger partial charge in [-0.05, 0) is 75.3 Å². The molecule has 242 valence electrons. The molecule has 1 saturated heterocycles. The first-order valence-corrected chi connectivity index (χ1v) is 15.6. The maximum Gasteiger partial charge on any atom is 0.312 e. The van der Waals surface area contributed by atoms with Gasteiger partial charge in [-0.1, -0.05) is 85.8 Å². The van der Waals surface area contributed by atoms with E-state index in [1.54, 1.807) is 18.0 Å². The normalized spacial score (nSPS) is 15.6. The van der Waals surface area contributed by atoms with E-state index < -0.39 is 17.0 Å². The van der Waals surface area contributed by atoms with Crippen LogP contribution in [0.4, 0.5) is 0 Å². The van der Waals surface area contributed by atoms with Gasteiger partial charge in [-0.15, -0.1) is 0 Å². The Morgan fingerprint density at radius 1 is 0.978 bits per heavy atom. The van der Waals surface area contributed by atoms with Crippen molar-refractivity contribution in [2.45, 2.75) is 78.8 Å². The van der Waals surface area contributed by atoms with Gasteiger partial charge in [0.1, 0.15) is 6.04 Å². The maximum absolute atomic E-state index is 14.3. The van der Waals surface area contributed by atoms with Crippen LogP contribution in [0.3, 0.4) is 0 Å². The fourth-order valence-corrected chi connectivity index (χ4v) is 6.30. The van der Waals surface area contributed by atoms with E-state index in [4.69, 9.17) is 10.5 Å². The third-order valence-electron chi connectivity index (χ3n) is 8.57. The highest BCUT2D eigenvalue weighted by Gasteiger charge is 2.44. The summed E-state index contributed by atoms with van der Waals surface area (Å²) in [5.41, 5.74) is 7.97. The molecule has 0 aromatic heterocycles. The lowest BCUT2D eigenvalue weighted by Gasteiger charge is -2.42. The summed E-state index contributed by atoms with van der Waals surface area (Å²) < 4.78 is 5.54. The molecule has 0 unspecified atom stereocenters. The first-order chi connectivity index (χ1) is 20.9. The van der Waals surface area contributed by atoms with Gasteiger partial charge in [-0.25, -0.2) is 0 Å². The first-order valence-electron chi connectivity index (χ1n) is 15.6. The fraction of sp³-hybridized carbons (Fsp3) is 0.447. The van der Waals surface area contributed by atoms with Crippen LogP contribution in [-0.4, -0.2) is 65.9 Å². The van der Waals surface area contributed by atoms with Crippen molar-refractivity contribution in [1.29, 1.82) is 0 Å². The van der Waals surface area contributed by atoms with Crippen molar-refractivity contribution in [2.75, 3.05) is 26.7 Å². The molecular weight excluding hydrogens is 562 g/mol. The number of nitrogens with two attached hydrogens (primary N) is 1. The molecule has 0 aliphatic carbocycles. The van der Waals surface area contributed by atoms with Gasteiger partial charge in [-0.3, -0.25) is 14.4 Å². The Kier molecular flexibility index (Phi) is 12.1. The van der Waals surface area contributed by atoms with Crippen molar-refractivity contribution < 1.29 is 19.1 Å². The Balaban J connectivity index is 0.00000552. The monoisotopic (exact) mass is 613 g/mol. The number of benzene rings is 3. The van der Waals surface area contributed by atoms with Crippen LogP contribution < -0.4 is 5.73 Å². The number of carbonyl (C=O) groups excluding carboxylic acids is 3. The molecule has 45 heavy (non-hydrogen) atoms. The predicted octanol–water partition coefficient (Wildman–Crippen LogP) is 6.33. The standard InChI is InChI=1S/C37H47N3O4.CH4/c1-6-44-35(43)37(26-28-12-8-7-9-13-28)18-20-40(21-19-37)34(42)32(39(5)33(41)22-27(2)25-36(3,4)38)24-29-16-17-30-14-10-11-15-31(30)23-29;/h7-17,22-23,32H,6,18-21,24-26,38H2,1-5H3;1H4/b27-22+;/t32-;/m1./s1. The van der Waals surface area contributed by atoms with E-state index in [9.17, 15) is 14.4 Å². The van der Waals surface area contributed by atoms with E-state index in [1.165, 1.54) is 0 Å². The van der Waals surface area contributed by atoms with E-state index in [-0.39, 0.29) is 25.2 Å². The zero-order chi connectivity index (χ0) is 31.9. The molecule has 7 nitrogen and oxygen atoms in total. The van der Waals surface area contributed by atoms with E-state index in [2.05, 4.69) is 24.3 Å². The third-order valence-corrected chi connectivity index (χ3v) is 8.57. The number of rotatable bonds is 11. The predicted molar refractivity (Wildman–Crippen MR) is 183 cm³/mol. The van der Waals surface area contributed by atoms with Crippen LogP contribution in [0.25, 0.3) is 10.8 Å². The van der Waals surface area contributed by atoms with Crippen LogP contribution >= 0.6 is 0 Å². The van der Waals surface area contributed by atoms with Gasteiger partial charge < -0.3 is 20.3 Å². The number of fused-ring (bicyclic) bond motifs is 1. The number of likely N-dealkylation sites (tertiary alicyclic amines) is 1. The van der Waals surface area contributed by atoms with E-state index in [1.807, 2.05) is 81.1 Å². The smallest absolute Gasteiger partial charge is 0.312 e. The average Bonchev–Trinajstić information content (AvgIpc) is 2.99. The van der Waals surface area contributed by atoms with Crippen molar-refractivity contribution in [3.8, 4) is 0 Å². The number of nitrogens with zero attached hydrogens (tertiary/aromatic N) is 2. The average molecular weight is 614 g/mol. The van der Waals surface area contributed by atoms with Crippen LogP contribution in [-0.2, 0) is 32.0 Å². The second kappa shape index (κ2) is 15.3. The van der Waals surface area contributed by atoms with Gasteiger partial charge >= 0.3 is 5.97 Å². The van der Waals surface area contributed by atoms with Crippen molar-refractivity contribution in [3.63, 3.8) is 0 Å². The molecule has 3 aromatic rings. The lowest BCUT2D eigenvalue weighted by Crippen LogP contribution is -2.54. The lowest BCUT2D eigenvalue weighted by molar-refractivity contribution is -0.161. The molecule has 2 amide bonds. The van der Waals surface area contributed by atoms with Crippen LogP contribution in [0.2, 0.25) is 0 Å². The molecule has 1 fully saturated rings. The van der Waals surface area contributed by atoms with E-state index in [0.717, 1.165) is 27.5 Å². The highest BCUT2D eigenvalue weighted by Crippen LogP contribution is 2.37. The summed E-state index contributed by atoms with van der Waals surface area (Å²) in [4.78, 5) is 44.4. The number of amides is 2. The molecule has 3 aromatic carbocycles. The molecule has 0 bridgehead atoms. The van der Waals surface area contributed by atoms with Gasteiger partial charge in [0.05, 0.1) is 12.0 Å². The molecule has 0 radical (unpaired) electrons. The minimum absolute atomic E-state index is 0. The first kappa shape index (κ1) is 35.5. The molecule has 2 N–H and O–H groups in total. The highest BCUT2D eigenvalue weighted by atomic mass is 16.5. The summed E-state index contributed by atoms with van der Waals surface area (Å²) >= 11 is 0. The van der Waals surface area contributed by atoms with Crippen molar-refractivity contribution in [3.05, 3.63) is 95.6 Å². The Hall–Kier alpha value is -3.97. The van der Waals surface area contributed by atoms with Gasteiger partial charge in [-0.2, -0.15) is 0 Å². The largest absolute Gasteiger partial charge is 0.466 e. The van der Waals surface area contributed by atoms with E-state index in [0.29, 0.717) is 51.8 Å². The van der Waals surface area contributed by atoms with Gasteiger partial charge in [0.25, 0.3) is 0 Å². The molecule has 1 atom stereocenters. The molecule has 1 aliphatic rings. The van der Waals surface area contributed by atoms with E-state index >= 15 is 0 Å². The minimum Gasteiger partial charge on any atom is -0.466 e. The number of hydrogen-bond donors (Lipinski definition) is 1. The number of piperidine rings is 1. The van der Waals surface area contributed by atoms with Crippen LogP contribution in [0, 0.1) is 5.41 Å². The molecule has 1 aliphatic heterocycles. The Morgan fingerprint density at radius 2 is 1.60 bits per heavy atom. The molecule has 7 heteroatoms. The highest BCUT2D eigenvalue weighted by molar-refractivity contribution is 5.93. The SMILES string of the molecule is C.CCOC(=O)C1(Cc2ccccc2)CCN(C(=O)[C@@H](Cc2ccc3ccccc3c2)N(C)C(=O)/C=C(\C)CC(C)(C)N)CC1. The summed E-state index contributed by atoms with van der Waals surface area (Å²) in [6, 6.07) is 23.5. The van der Waals surface area contributed by atoms with Crippen LogP contribution in [0.5, 0.6) is 0 Å². The van der Waals surface area contributed by atoms with Gasteiger partial charge in [0.15, 0.2) is 0 Å². The molecule has 1 heterocycles. The molecule has 4 rings (SSSR count). The topological polar surface area (TPSA) is 92.9 Å². The number of likely N-dealkylation sites (N-methyl/N-ethyl adjacent to an activating group) is 1. The Morgan fingerprint density at radius 3 is 2.22 bits per heavy atom. The Labute approximate surface area is 269 Å². The van der Waals surface area contributed by atoms with Gasteiger partial charge in [0, 0.05) is 38.2 Å². The number of hydrogen-bond acceptors (Lipinski definition) is 5. The summed E-state index contributed by atoms with van der Waals surface area (Å²) in [7, 11) is 1.70. The number of carbonyl (C=O) groups is 3. The second-order valence-corrected chi connectivity index (χ2v) is 13.0. The zero-order valence-corrected chi connectivity index (χ0v) is 26.8. The number of esters is 1. The molecular formula is C38H51N3O4. The third kappa shape index (κ3) is 9.27. The molecule has 0 saturated carbocycles. The second-order valence-electron chi connectivity index (χ2n) is 13.0. The Bertz CT molecular complexity index is 1480. The minimum atomic E-state index is -0.706. The van der Waals surface area contributed by atoms with Crippen LogP contribution in [0.1, 0.15) is 65.5 Å². The van der Waals surface area contributed by atoms with Crippen molar-refractivity contribution in [2.24, 2.45) is 11.1 Å². The number of ether oxygens (including phenoxy) is 1.